The molecular formula is C22H42F2O2. The molecule has 0 unspecified atom stereocenters. The minimum absolute atomic E-state index is 0.0555. The van der Waals surface area contributed by atoms with Gasteiger partial charge in [0.05, 0.1) is 0 Å². The normalized spacial score (nSPS) is 11.3. The third-order valence-electron chi connectivity index (χ3n) is 4.05. The molecule has 0 amide bonds. The number of halogens is 2. The van der Waals surface area contributed by atoms with E-state index in [4.69, 9.17) is 4.74 Å². The SMILES string of the molecule is CC.CCCCCCCCC(=O)OC/C=C\C(F)(F)CCCCCCC. The molecule has 0 heterocycles. The summed E-state index contributed by atoms with van der Waals surface area (Å²) in [6.07, 6.45) is 13.7. The summed E-state index contributed by atoms with van der Waals surface area (Å²) >= 11 is 0. The van der Waals surface area contributed by atoms with Crippen LogP contribution in [0.25, 0.3) is 0 Å². The standard InChI is InChI=1S/C20H36F2O2.C2H6/c1-3-5-7-9-10-12-15-19(23)24-18-14-17-20(21,22)16-13-11-8-6-4-2;1-2/h14,17H,3-13,15-16,18H2,1-2H3;1-2H3/b17-14-;. The Morgan fingerprint density at radius 2 is 1.35 bits per heavy atom. The lowest BCUT2D eigenvalue weighted by atomic mass is 10.1. The van der Waals surface area contributed by atoms with Gasteiger partial charge >= 0.3 is 5.97 Å². The van der Waals surface area contributed by atoms with Crippen LogP contribution in [0.3, 0.4) is 0 Å². The highest BCUT2D eigenvalue weighted by atomic mass is 19.3. The maximum absolute atomic E-state index is 13.6. The minimum atomic E-state index is -2.79. The molecule has 0 aromatic rings. The third kappa shape index (κ3) is 21.1. The van der Waals surface area contributed by atoms with Crippen LogP contribution in [0, 0.1) is 0 Å². The zero-order chi connectivity index (χ0) is 20.1. The number of esters is 1. The summed E-state index contributed by atoms with van der Waals surface area (Å²) in [4.78, 5) is 11.5. The van der Waals surface area contributed by atoms with Crippen LogP contribution >= 0.6 is 0 Å². The predicted molar refractivity (Wildman–Crippen MR) is 108 cm³/mol. The second-order valence-corrected chi connectivity index (χ2v) is 6.53. The zero-order valence-electron chi connectivity index (χ0n) is 17.6. The summed E-state index contributed by atoms with van der Waals surface area (Å²) in [5.41, 5.74) is 0. The Labute approximate surface area is 160 Å². The van der Waals surface area contributed by atoms with Crippen molar-refractivity contribution in [2.75, 3.05) is 6.61 Å². The molecule has 0 radical (unpaired) electrons. The minimum Gasteiger partial charge on any atom is -0.461 e. The van der Waals surface area contributed by atoms with Gasteiger partial charge < -0.3 is 4.74 Å². The van der Waals surface area contributed by atoms with Crippen LogP contribution in [0.5, 0.6) is 0 Å². The first-order valence-corrected chi connectivity index (χ1v) is 10.7. The summed E-state index contributed by atoms with van der Waals surface area (Å²) in [5.74, 6) is -3.09. The van der Waals surface area contributed by atoms with Crippen molar-refractivity contribution in [3.63, 3.8) is 0 Å². The molecule has 0 aliphatic rings. The number of rotatable bonds is 16. The van der Waals surface area contributed by atoms with Crippen molar-refractivity contribution in [3.8, 4) is 0 Å². The molecule has 0 saturated carbocycles. The van der Waals surface area contributed by atoms with Crippen LogP contribution < -0.4 is 0 Å². The Balaban J connectivity index is 0. The fraction of sp³-hybridized carbons (Fsp3) is 0.864. The summed E-state index contributed by atoms with van der Waals surface area (Å²) in [6.45, 7) is 8.21. The second-order valence-electron chi connectivity index (χ2n) is 6.53. The van der Waals surface area contributed by atoms with Crippen LogP contribution in [0.4, 0.5) is 8.78 Å². The van der Waals surface area contributed by atoms with Gasteiger partial charge in [0.1, 0.15) is 6.61 Å². The molecule has 0 aromatic heterocycles. The van der Waals surface area contributed by atoms with Gasteiger partial charge in [0.25, 0.3) is 5.92 Å². The van der Waals surface area contributed by atoms with Gasteiger partial charge in [-0.15, -0.1) is 0 Å². The number of carbonyl (C=O) groups is 1. The molecule has 0 fully saturated rings. The molecule has 156 valence electrons. The molecule has 0 rings (SSSR count). The molecule has 0 N–H and O–H groups in total. The summed E-state index contributed by atoms with van der Waals surface area (Å²) < 4.78 is 32.1. The Hall–Kier alpha value is -0.930. The van der Waals surface area contributed by atoms with Crippen molar-refractivity contribution in [2.45, 2.75) is 117 Å². The largest absolute Gasteiger partial charge is 0.461 e. The van der Waals surface area contributed by atoms with Gasteiger partial charge in [-0.3, -0.25) is 4.79 Å². The van der Waals surface area contributed by atoms with Crippen LogP contribution in [0.1, 0.15) is 111 Å². The number of ether oxygens (including phenoxy) is 1. The van der Waals surface area contributed by atoms with Crippen molar-refractivity contribution >= 4 is 5.97 Å². The molecular weight excluding hydrogens is 334 g/mol. The van der Waals surface area contributed by atoms with E-state index in [9.17, 15) is 13.6 Å². The summed E-state index contributed by atoms with van der Waals surface area (Å²) in [6, 6.07) is 0. The molecule has 0 aliphatic carbocycles. The van der Waals surface area contributed by atoms with Gasteiger partial charge in [-0.1, -0.05) is 85.5 Å². The number of alkyl halides is 2. The number of carbonyl (C=O) groups excluding carboxylic acids is 1. The van der Waals surface area contributed by atoms with Crippen LogP contribution in [0.2, 0.25) is 0 Å². The van der Waals surface area contributed by atoms with Crippen molar-refractivity contribution in [1.82, 2.24) is 0 Å². The highest BCUT2D eigenvalue weighted by Gasteiger charge is 2.23. The Kier molecular flexibility index (Phi) is 21.4. The molecule has 0 saturated heterocycles. The molecule has 0 spiro atoms. The van der Waals surface area contributed by atoms with Gasteiger partial charge in [-0.05, 0) is 25.0 Å². The van der Waals surface area contributed by atoms with E-state index in [1.165, 1.54) is 25.3 Å². The maximum atomic E-state index is 13.6. The second kappa shape index (κ2) is 20.4. The number of hydrogen-bond acceptors (Lipinski definition) is 2. The molecule has 4 heteroatoms. The Morgan fingerprint density at radius 1 is 0.846 bits per heavy atom. The average Bonchev–Trinajstić information content (AvgIpc) is 2.63. The monoisotopic (exact) mass is 376 g/mol. The summed E-state index contributed by atoms with van der Waals surface area (Å²) in [5, 5.41) is 0. The van der Waals surface area contributed by atoms with Crippen molar-refractivity contribution in [2.24, 2.45) is 0 Å². The smallest absolute Gasteiger partial charge is 0.306 e. The van der Waals surface area contributed by atoms with E-state index in [2.05, 4.69) is 13.8 Å². The topological polar surface area (TPSA) is 26.3 Å². The van der Waals surface area contributed by atoms with E-state index in [1.807, 2.05) is 13.8 Å². The van der Waals surface area contributed by atoms with E-state index in [0.29, 0.717) is 12.8 Å². The van der Waals surface area contributed by atoms with Gasteiger partial charge in [0, 0.05) is 12.8 Å². The lowest BCUT2D eigenvalue weighted by Gasteiger charge is -2.11. The van der Waals surface area contributed by atoms with E-state index >= 15 is 0 Å². The Bertz CT molecular complexity index is 328. The first-order valence-electron chi connectivity index (χ1n) is 10.7. The number of hydrogen-bond donors (Lipinski definition) is 0. The van der Waals surface area contributed by atoms with Crippen molar-refractivity contribution in [3.05, 3.63) is 12.2 Å². The highest BCUT2D eigenvalue weighted by Crippen LogP contribution is 2.23. The lowest BCUT2D eigenvalue weighted by molar-refractivity contribution is -0.142. The van der Waals surface area contributed by atoms with Gasteiger partial charge in [-0.25, -0.2) is 8.78 Å². The number of allylic oxidation sites excluding steroid dienone is 1. The van der Waals surface area contributed by atoms with E-state index in [1.54, 1.807) is 0 Å². The summed E-state index contributed by atoms with van der Waals surface area (Å²) in [7, 11) is 0. The van der Waals surface area contributed by atoms with E-state index in [0.717, 1.165) is 51.0 Å². The molecule has 0 aliphatic heterocycles. The first kappa shape index (κ1) is 27.3. The van der Waals surface area contributed by atoms with Crippen LogP contribution in [0.15, 0.2) is 12.2 Å². The quantitative estimate of drug-likeness (QED) is 0.156. The Morgan fingerprint density at radius 3 is 1.92 bits per heavy atom. The first-order chi connectivity index (χ1) is 12.5. The predicted octanol–water partition coefficient (Wildman–Crippen LogP) is 7.86. The fourth-order valence-corrected chi connectivity index (χ4v) is 2.53. The van der Waals surface area contributed by atoms with Gasteiger partial charge in [0.2, 0.25) is 0 Å². The van der Waals surface area contributed by atoms with Crippen molar-refractivity contribution < 1.29 is 18.3 Å². The highest BCUT2D eigenvalue weighted by molar-refractivity contribution is 5.69. The fourth-order valence-electron chi connectivity index (χ4n) is 2.53. The molecule has 0 aromatic carbocycles. The van der Waals surface area contributed by atoms with Crippen LogP contribution in [-0.2, 0) is 9.53 Å². The molecule has 0 atom stereocenters. The van der Waals surface area contributed by atoms with E-state index in [-0.39, 0.29) is 19.0 Å². The van der Waals surface area contributed by atoms with Gasteiger partial charge in [-0.2, -0.15) is 0 Å². The van der Waals surface area contributed by atoms with Crippen LogP contribution in [-0.4, -0.2) is 18.5 Å². The van der Waals surface area contributed by atoms with Gasteiger partial charge in [0.15, 0.2) is 0 Å². The zero-order valence-corrected chi connectivity index (χ0v) is 17.6. The van der Waals surface area contributed by atoms with Crippen molar-refractivity contribution in [1.29, 1.82) is 0 Å². The average molecular weight is 377 g/mol. The van der Waals surface area contributed by atoms with E-state index < -0.39 is 5.92 Å². The molecule has 2 nitrogen and oxygen atoms in total. The molecule has 0 bridgehead atoms. The number of unbranched alkanes of at least 4 members (excludes halogenated alkanes) is 9. The maximum Gasteiger partial charge on any atom is 0.306 e. The lowest BCUT2D eigenvalue weighted by Crippen LogP contribution is -2.12. The molecule has 26 heavy (non-hydrogen) atoms. The third-order valence-corrected chi connectivity index (χ3v) is 4.05.